The van der Waals surface area contributed by atoms with Crippen LogP contribution in [-0.2, 0) is 33.6 Å². The fourth-order valence-electron chi connectivity index (χ4n) is 4.89. The van der Waals surface area contributed by atoms with E-state index in [2.05, 4.69) is 21.3 Å². The van der Waals surface area contributed by atoms with Gasteiger partial charge in [0.2, 0.25) is 35.4 Å². The number of carbonyl (C=O) groups is 7. The quantitative estimate of drug-likeness (QED) is 0.0454. The van der Waals surface area contributed by atoms with Crippen LogP contribution in [0.25, 0.3) is 0 Å². The number of aliphatic hydroxyl groups is 2. The first-order chi connectivity index (χ1) is 21.2. The van der Waals surface area contributed by atoms with E-state index in [1.807, 2.05) is 13.8 Å². The lowest BCUT2D eigenvalue weighted by Crippen LogP contribution is -2.61. The zero-order chi connectivity index (χ0) is 34.3. The summed E-state index contributed by atoms with van der Waals surface area (Å²) in [6.07, 6.45) is 0.848. The fourth-order valence-corrected chi connectivity index (χ4v) is 4.89. The van der Waals surface area contributed by atoms with Crippen molar-refractivity contribution in [2.24, 2.45) is 23.1 Å². The topological polar surface area (TPSA) is 289 Å². The van der Waals surface area contributed by atoms with Gasteiger partial charge in [-0.25, -0.2) is 0 Å². The van der Waals surface area contributed by atoms with Crippen LogP contribution in [0.3, 0.4) is 0 Å². The van der Waals surface area contributed by atoms with Gasteiger partial charge in [-0.1, -0.05) is 13.8 Å². The summed E-state index contributed by atoms with van der Waals surface area (Å²) in [5.41, 5.74) is 16.2. The summed E-state index contributed by atoms with van der Waals surface area (Å²) in [6, 6.07) is -7.31. The molecule has 0 aliphatic carbocycles. The van der Waals surface area contributed by atoms with Gasteiger partial charge in [-0.15, -0.1) is 0 Å². The molecule has 17 heteroatoms. The number of aldehydes is 1. The lowest BCUT2D eigenvalue weighted by atomic mass is 10.0. The Morgan fingerprint density at radius 3 is 2.13 bits per heavy atom. The van der Waals surface area contributed by atoms with Gasteiger partial charge in [-0.2, -0.15) is 0 Å². The van der Waals surface area contributed by atoms with Crippen LogP contribution in [0.4, 0.5) is 0 Å². The third-order valence-electron chi connectivity index (χ3n) is 7.25. The average molecular weight is 643 g/mol. The Kier molecular flexibility index (Phi) is 17.2. The number of likely N-dealkylation sites (tertiary alicyclic amines) is 1. The van der Waals surface area contributed by atoms with E-state index >= 15 is 0 Å². The molecule has 0 spiro atoms. The largest absolute Gasteiger partial charge is 0.394 e. The van der Waals surface area contributed by atoms with E-state index < -0.39 is 90.8 Å². The summed E-state index contributed by atoms with van der Waals surface area (Å²) in [5, 5.41) is 30.0. The van der Waals surface area contributed by atoms with Gasteiger partial charge in [0, 0.05) is 6.54 Å². The first-order valence-electron chi connectivity index (χ1n) is 15.2. The molecule has 1 rings (SSSR count). The molecule has 0 aromatic heterocycles. The molecule has 0 aromatic carbocycles. The molecule has 1 saturated heterocycles. The molecule has 45 heavy (non-hydrogen) atoms. The number of rotatable bonds is 20. The normalized spacial score (nSPS) is 18.6. The molecular formula is C28H50N8O9. The molecule has 0 bridgehead atoms. The number of nitrogens with one attached hydrogen (secondary N) is 4. The van der Waals surface area contributed by atoms with E-state index in [0.717, 1.165) is 0 Å². The monoisotopic (exact) mass is 642 g/mol. The number of unbranched alkanes of at least 4 members (excludes halogenated alkanes) is 1. The number of nitrogens with two attached hydrogens (primary N) is 3. The predicted octanol–water partition coefficient (Wildman–Crippen LogP) is -4.13. The van der Waals surface area contributed by atoms with Crippen molar-refractivity contribution in [3.8, 4) is 0 Å². The van der Waals surface area contributed by atoms with Gasteiger partial charge in [-0.3, -0.25) is 28.8 Å². The Balaban J connectivity index is 3.05. The third kappa shape index (κ3) is 13.1. The molecular weight excluding hydrogens is 592 g/mol. The minimum Gasteiger partial charge on any atom is -0.394 e. The van der Waals surface area contributed by atoms with Crippen molar-refractivity contribution < 1.29 is 43.8 Å². The highest BCUT2D eigenvalue weighted by Crippen LogP contribution is 2.19. The molecule has 6 amide bonds. The number of carbonyl (C=O) groups excluding carboxylic acids is 7. The van der Waals surface area contributed by atoms with Crippen LogP contribution in [0, 0.1) is 5.92 Å². The lowest BCUT2D eigenvalue weighted by molar-refractivity contribution is -0.143. The number of amides is 6. The highest BCUT2D eigenvalue weighted by Gasteiger charge is 2.39. The second kappa shape index (κ2) is 19.7. The van der Waals surface area contributed by atoms with Gasteiger partial charge in [0.25, 0.3) is 0 Å². The molecule has 1 fully saturated rings. The van der Waals surface area contributed by atoms with Crippen LogP contribution in [0.2, 0.25) is 0 Å². The maximum Gasteiger partial charge on any atom is 0.248 e. The Bertz CT molecular complexity index is 1040. The Morgan fingerprint density at radius 1 is 0.956 bits per heavy atom. The maximum atomic E-state index is 13.4. The van der Waals surface area contributed by atoms with E-state index in [0.29, 0.717) is 44.9 Å². The van der Waals surface area contributed by atoms with E-state index in [-0.39, 0.29) is 18.9 Å². The second-order valence-corrected chi connectivity index (χ2v) is 11.7. The summed E-state index contributed by atoms with van der Waals surface area (Å²) in [4.78, 5) is 88.9. The second-order valence-electron chi connectivity index (χ2n) is 11.7. The molecule has 0 aromatic rings. The average Bonchev–Trinajstić information content (AvgIpc) is 3.46. The number of nitrogens with zero attached hydrogens (tertiary/aromatic N) is 1. The van der Waals surface area contributed by atoms with Crippen LogP contribution < -0.4 is 38.5 Å². The minimum absolute atomic E-state index is 0.0560. The van der Waals surface area contributed by atoms with E-state index in [1.165, 1.54) is 11.8 Å². The molecule has 0 radical (unpaired) electrons. The third-order valence-corrected chi connectivity index (χ3v) is 7.25. The van der Waals surface area contributed by atoms with Crippen LogP contribution >= 0.6 is 0 Å². The summed E-state index contributed by atoms with van der Waals surface area (Å²) >= 11 is 0. The van der Waals surface area contributed by atoms with Crippen molar-refractivity contribution >= 4 is 41.7 Å². The maximum absolute atomic E-state index is 13.4. The number of aliphatic hydroxyl groups excluding tert-OH is 2. The van der Waals surface area contributed by atoms with Gasteiger partial charge in [0.15, 0.2) is 0 Å². The Morgan fingerprint density at radius 2 is 1.60 bits per heavy atom. The van der Waals surface area contributed by atoms with Crippen molar-refractivity contribution in [1.82, 2.24) is 26.2 Å². The number of primary amides is 1. The van der Waals surface area contributed by atoms with Crippen molar-refractivity contribution in [3.63, 3.8) is 0 Å². The molecule has 7 atom stereocenters. The summed E-state index contributed by atoms with van der Waals surface area (Å²) in [7, 11) is 0. The fraction of sp³-hybridized carbons (Fsp3) is 0.750. The lowest BCUT2D eigenvalue weighted by Gasteiger charge is -2.30. The Labute approximate surface area is 262 Å². The molecule has 1 heterocycles. The summed E-state index contributed by atoms with van der Waals surface area (Å²) < 4.78 is 0. The van der Waals surface area contributed by atoms with Gasteiger partial charge < -0.3 is 58.4 Å². The first-order valence-corrected chi connectivity index (χ1v) is 15.2. The van der Waals surface area contributed by atoms with Gasteiger partial charge >= 0.3 is 0 Å². The molecule has 1 aliphatic rings. The van der Waals surface area contributed by atoms with Crippen LogP contribution in [0.15, 0.2) is 0 Å². The Hall–Kier alpha value is -3.67. The number of hydrogen-bond donors (Lipinski definition) is 9. The molecule has 0 unspecified atom stereocenters. The van der Waals surface area contributed by atoms with Crippen molar-refractivity contribution in [3.05, 3.63) is 0 Å². The molecule has 1 aliphatic heterocycles. The SMILES string of the molecule is CC(C)C[C@@H](C=O)NC(=O)[C@@H]1CCCN1C(=O)[C@H](CO)NC(=O)[C@H](CCCCN)NC(=O)[C@@H](NC(=O)[C@@H](N)CC(N)=O)[C@@H](C)O. The van der Waals surface area contributed by atoms with Crippen LogP contribution in [0.5, 0.6) is 0 Å². The van der Waals surface area contributed by atoms with Crippen molar-refractivity contribution in [2.45, 2.75) is 108 Å². The molecule has 0 saturated carbocycles. The van der Waals surface area contributed by atoms with Gasteiger partial charge in [-0.05, 0) is 57.9 Å². The minimum atomic E-state index is -1.56. The summed E-state index contributed by atoms with van der Waals surface area (Å²) in [5.74, 6) is -4.68. The highest BCUT2D eigenvalue weighted by atomic mass is 16.3. The van der Waals surface area contributed by atoms with E-state index in [9.17, 15) is 43.8 Å². The number of hydrogen-bond acceptors (Lipinski definition) is 11. The van der Waals surface area contributed by atoms with Gasteiger partial charge in [0.05, 0.1) is 31.2 Å². The predicted molar refractivity (Wildman–Crippen MR) is 161 cm³/mol. The zero-order valence-corrected chi connectivity index (χ0v) is 26.2. The molecule has 17 nitrogen and oxygen atoms in total. The van der Waals surface area contributed by atoms with Crippen LogP contribution in [0.1, 0.15) is 65.7 Å². The van der Waals surface area contributed by atoms with Crippen molar-refractivity contribution in [1.29, 1.82) is 0 Å². The first kappa shape index (κ1) is 39.4. The standard InChI is InChI=1S/C28H50N8O9/c1-15(2)11-17(13-37)32-26(43)21-8-6-10-36(21)28(45)20(14-38)34-25(42)19(7-4-5-9-29)33-27(44)23(16(3)39)35-24(41)18(30)12-22(31)40/h13,15-21,23,38-39H,4-12,14,29-30H2,1-3H3,(H2,31,40)(H,32,43)(H,33,44)(H,34,42)(H,35,41)/t16-,17+,18+,19+,20+,21+,23+/m1/s1. The van der Waals surface area contributed by atoms with E-state index in [4.69, 9.17) is 17.2 Å². The molecule has 256 valence electrons. The van der Waals surface area contributed by atoms with E-state index in [1.54, 1.807) is 0 Å². The van der Waals surface area contributed by atoms with Crippen LogP contribution in [-0.4, -0.2) is 119 Å². The summed E-state index contributed by atoms with van der Waals surface area (Å²) in [6.45, 7) is 4.69. The van der Waals surface area contributed by atoms with Gasteiger partial charge in [0.1, 0.15) is 30.5 Å². The highest BCUT2D eigenvalue weighted by molar-refractivity contribution is 5.97. The molecule has 12 N–H and O–H groups in total. The van der Waals surface area contributed by atoms with Crippen molar-refractivity contribution in [2.75, 3.05) is 19.7 Å². The zero-order valence-electron chi connectivity index (χ0n) is 26.2. The smallest absolute Gasteiger partial charge is 0.248 e.